The fourth-order valence-corrected chi connectivity index (χ4v) is 0.774. The minimum atomic E-state index is -4.64. The van der Waals surface area contributed by atoms with E-state index in [2.05, 4.69) is 0 Å². The first-order valence-electron chi connectivity index (χ1n) is 3.56. The molecule has 1 rings (SSSR count). The molecule has 0 fully saturated rings. The molecule has 0 saturated heterocycles. The third kappa shape index (κ3) is 2.95. The van der Waals surface area contributed by atoms with Crippen LogP contribution in [-0.2, 0) is 0 Å². The van der Waals surface area contributed by atoms with Crippen molar-refractivity contribution < 1.29 is 18.3 Å². The Kier molecular flexibility index (Phi) is 2.77. The number of anilines is 1. The highest BCUT2D eigenvalue weighted by molar-refractivity contribution is 5.43. The lowest BCUT2D eigenvalue weighted by Gasteiger charge is -2.16. The first-order chi connectivity index (χ1) is 6.00. The van der Waals surface area contributed by atoms with E-state index in [4.69, 9.17) is 5.11 Å². The molecule has 0 aliphatic carbocycles. The topological polar surface area (TPSA) is 32.3 Å². The van der Waals surface area contributed by atoms with Crippen molar-refractivity contribution in [1.82, 2.24) is 0 Å². The Balaban J connectivity index is 2.61. The van der Waals surface area contributed by atoms with Gasteiger partial charge in [-0.15, -0.1) is 0 Å². The normalized spacial score (nSPS) is 13.8. The van der Waals surface area contributed by atoms with Crippen molar-refractivity contribution in [2.75, 3.05) is 5.32 Å². The third-order valence-corrected chi connectivity index (χ3v) is 1.39. The van der Waals surface area contributed by atoms with Gasteiger partial charge in [-0.25, -0.2) is 0 Å². The molecule has 2 nitrogen and oxygen atoms in total. The monoisotopic (exact) mass is 191 g/mol. The first kappa shape index (κ1) is 9.85. The van der Waals surface area contributed by atoms with Gasteiger partial charge >= 0.3 is 6.18 Å². The average molecular weight is 191 g/mol. The van der Waals surface area contributed by atoms with E-state index in [1.807, 2.05) is 5.32 Å². The zero-order valence-corrected chi connectivity index (χ0v) is 6.55. The van der Waals surface area contributed by atoms with Crippen LogP contribution in [0.4, 0.5) is 18.9 Å². The third-order valence-electron chi connectivity index (χ3n) is 1.39. The van der Waals surface area contributed by atoms with E-state index >= 15 is 0 Å². The molecule has 5 heteroatoms. The van der Waals surface area contributed by atoms with Gasteiger partial charge < -0.3 is 10.4 Å². The molecule has 0 bridgehead atoms. The molecule has 13 heavy (non-hydrogen) atoms. The van der Waals surface area contributed by atoms with Crippen molar-refractivity contribution in [3.8, 4) is 0 Å². The van der Waals surface area contributed by atoms with E-state index in [0.717, 1.165) is 0 Å². The van der Waals surface area contributed by atoms with Crippen LogP contribution in [0.3, 0.4) is 0 Å². The second kappa shape index (κ2) is 3.66. The Labute approximate surface area is 73.0 Å². The van der Waals surface area contributed by atoms with Crippen LogP contribution in [0.1, 0.15) is 0 Å². The molecule has 0 aliphatic heterocycles. The van der Waals surface area contributed by atoms with Crippen molar-refractivity contribution in [3.63, 3.8) is 0 Å². The molecular weight excluding hydrogens is 183 g/mol. The minimum absolute atomic E-state index is 0.229. The van der Waals surface area contributed by atoms with Gasteiger partial charge in [-0.1, -0.05) is 18.2 Å². The smallest absolute Gasteiger partial charge is 0.366 e. The predicted octanol–water partition coefficient (Wildman–Crippen LogP) is 1.98. The second-order valence-corrected chi connectivity index (χ2v) is 2.45. The van der Waals surface area contributed by atoms with Crippen molar-refractivity contribution in [2.24, 2.45) is 0 Å². The first-order valence-corrected chi connectivity index (χ1v) is 3.56. The van der Waals surface area contributed by atoms with E-state index in [0.29, 0.717) is 0 Å². The number of nitrogens with one attached hydrogen (secondary N) is 1. The summed E-state index contributed by atoms with van der Waals surface area (Å²) in [5, 5.41) is 10.5. The highest BCUT2D eigenvalue weighted by atomic mass is 19.4. The molecular formula is C8H8F3NO. The van der Waals surface area contributed by atoms with E-state index in [1.165, 1.54) is 12.1 Å². The van der Waals surface area contributed by atoms with Crippen molar-refractivity contribution in [1.29, 1.82) is 0 Å². The summed E-state index contributed by atoms with van der Waals surface area (Å²) < 4.78 is 35.5. The summed E-state index contributed by atoms with van der Waals surface area (Å²) in [7, 11) is 0. The van der Waals surface area contributed by atoms with Gasteiger partial charge in [0.15, 0.2) is 0 Å². The van der Waals surface area contributed by atoms with Gasteiger partial charge in [0, 0.05) is 5.69 Å². The lowest BCUT2D eigenvalue weighted by Crippen LogP contribution is -2.35. The van der Waals surface area contributed by atoms with Crippen LogP contribution in [-0.4, -0.2) is 17.5 Å². The molecule has 0 heterocycles. The molecule has 0 radical (unpaired) electrons. The van der Waals surface area contributed by atoms with Crippen LogP contribution in [0.2, 0.25) is 0 Å². The molecule has 1 atom stereocenters. The number of rotatable bonds is 2. The summed E-state index contributed by atoms with van der Waals surface area (Å²) in [5.41, 5.74) is 0.229. The van der Waals surface area contributed by atoms with E-state index in [1.54, 1.807) is 18.2 Å². The van der Waals surface area contributed by atoms with Gasteiger partial charge in [-0.05, 0) is 12.1 Å². The van der Waals surface area contributed by atoms with Crippen molar-refractivity contribution in [3.05, 3.63) is 30.3 Å². The summed E-state index contributed by atoms with van der Waals surface area (Å²) in [6.45, 7) is 0. The maximum Gasteiger partial charge on any atom is 0.433 e. The Morgan fingerprint density at radius 2 is 1.69 bits per heavy atom. The summed E-state index contributed by atoms with van der Waals surface area (Å²) in [6.07, 6.45) is -7.16. The molecule has 0 saturated carbocycles. The number of halogens is 3. The fourth-order valence-electron chi connectivity index (χ4n) is 0.774. The minimum Gasteiger partial charge on any atom is -0.366 e. The van der Waals surface area contributed by atoms with Crippen LogP contribution >= 0.6 is 0 Å². The number of hydrogen-bond donors (Lipinski definition) is 2. The molecule has 1 aromatic rings. The standard InChI is InChI=1S/C8H8F3NO/c9-8(10,11)7(13)12-6-4-2-1-3-5-6/h1-5,7,12-13H. The second-order valence-electron chi connectivity index (χ2n) is 2.45. The van der Waals surface area contributed by atoms with E-state index in [-0.39, 0.29) is 5.69 Å². The van der Waals surface area contributed by atoms with Crippen LogP contribution < -0.4 is 5.32 Å². The van der Waals surface area contributed by atoms with Gasteiger partial charge in [0.2, 0.25) is 6.23 Å². The maximum absolute atomic E-state index is 11.8. The average Bonchev–Trinajstić information content (AvgIpc) is 2.04. The van der Waals surface area contributed by atoms with Crippen LogP contribution in [0.15, 0.2) is 30.3 Å². The van der Waals surface area contributed by atoms with Crippen molar-refractivity contribution >= 4 is 5.69 Å². The summed E-state index contributed by atoms with van der Waals surface area (Å²) in [6, 6.07) is 7.70. The molecule has 1 aromatic carbocycles. The Hall–Kier alpha value is -1.23. The van der Waals surface area contributed by atoms with Crippen LogP contribution in [0.5, 0.6) is 0 Å². The lowest BCUT2D eigenvalue weighted by atomic mass is 10.3. The van der Waals surface area contributed by atoms with Gasteiger partial charge in [-0.3, -0.25) is 0 Å². The molecule has 2 N–H and O–H groups in total. The number of benzene rings is 1. The fraction of sp³-hybridized carbons (Fsp3) is 0.250. The largest absolute Gasteiger partial charge is 0.433 e. The number of para-hydroxylation sites is 1. The number of aliphatic hydroxyl groups is 1. The SMILES string of the molecule is OC(Nc1ccccc1)C(F)(F)F. The van der Waals surface area contributed by atoms with Gasteiger partial charge in [-0.2, -0.15) is 13.2 Å². The molecule has 72 valence electrons. The quantitative estimate of drug-likeness (QED) is 0.700. The highest BCUT2D eigenvalue weighted by Crippen LogP contribution is 2.21. The summed E-state index contributed by atoms with van der Waals surface area (Å²) in [4.78, 5) is 0. The summed E-state index contributed by atoms with van der Waals surface area (Å²) in [5.74, 6) is 0. The lowest BCUT2D eigenvalue weighted by molar-refractivity contribution is -0.194. The van der Waals surface area contributed by atoms with E-state index in [9.17, 15) is 13.2 Å². The molecule has 0 aromatic heterocycles. The Bertz CT molecular complexity index is 260. The Morgan fingerprint density at radius 3 is 2.15 bits per heavy atom. The summed E-state index contributed by atoms with van der Waals surface area (Å²) >= 11 is 0. The van der Waals surface area contributed by atoms with Gasteiger partial charge in [0.25, 0.3) is 0 Å². The number of hydrogen-bond acceptors (Lipinski definition) is 2. The van der Waals surface area contributed by atoms with Crippen LogP contribution in [0, 0.1) is 0 Å². The molecule has 1 unspecified atom stereocenters. The van der Waals surface area contributed by atoms with Crippen LogP contribution in [0.25, 0.3) is 0 Å². The van der Waals surface area contributed by atoms with E-state index < -0.39 is 12.4 Å². The number of aliphatic hydroxyl groups excluding tert-OH is 1. The number of alkyl halides is 3. The Morgan fingerprint density at radius 1 is 1.15 bits per heavy atom. The molecule has 0 spiro atoms. The molecule has 0 aliphatic rings. The zero-order chi connectivity index (χ0) is 9.90. The van der Waals surface area contributed by atoms with Gasteiger partial charge in [0.05, 0.1) is 0 Å². The highest BCUT2D eigenvalue weighted by Gasteiger charge is 2.38. The molecule has 0 amide bonds. The van der Waals surface area contributed by atoms with Gasteiger partial charge in [0.1, 0.15) is 0 Å². The predicted molar refractivity (Wildman–Crippen MR) is 42.1 cm³/mol. The maximum atomic E-state index is 11.8. The van der Waals surface area contributed by atoms with Crippen molar-refractivity contribution in [2.45, 2.75) is 12.4 Å². The zero-order valence-electron chi connectivity index (χ0n) is 6.55.